The second-order valence-electron chi connectivity index (χ2n) is 5.46. The van der Waals surface area contributed by atoms with Crippen LogP contribution < -0.4 is 5.32 Å². The van der Waals surface area contributed by atoms with Gasteiger partial charge in [-0.15, -0.1) is 0 Å². The van der Waals surface area contributed by atoms with Crippen LogP contribution >= 0.6 is 0 Å². The number of hydrogen-bond donors (Lipinski definition) is 1. The van der Waals surface area contributed by atoms with Gasteiger partial charge in [0.1, 0.15) is 0 Å². The molecular weight excluding hydrogens is 224 g/mol. The standard InChI is InChI=1S/C14H26N4/c1-5-18-8-6-7-13(9-18)15-11(2)14-10-17(4)16-12(14)3/h10-11,13,15H,5-9H2,1-4H3. The molecule has 1 aliphatic rings. The van der Waals surface area contributed by atoms with Crippen molar-refractivity contribution in [3.8, 4) is 0 Å². The molecule has 2 unspecified atom stereocenters. The maximum absolute atomic E-state index is 4.42. The molecule has 0 spiro atoms. The SMILES string of the molecule is CCN1CCCC(NC(C)c2cn(C)nc2C)C1. The van der Waals surface area contributed by atoms with Crippen molar-refractivity contribution >= 4 is 0 Å². The number of rotatable bonds is 4. The van der Waals surface area contributed by atoms with Crippen molar-refractivity contribution in [2.75, 3.05) is 19.6 Å². The lowest BCUT2D eigenvalue weighted by Crippen LogP contribution is -2.46. The Morgan fingerprint density at radius 3 is 2.94 bits per heavy atom. The monoisotopic (exact) mass is 250 g/mol. The summed E-state index contributed by atoms with van der Waals surface area (Å²) in [6.07, 6.45) is 4.73. The van der Waals surface area contributed by atoms with Crippen molar-refractivity contribution in [1.82, 2.24) is 20.0 Å². The molecule has 4 heteroatoms. The Balaban J connectivity index is 1.94. The third kappa shape index (κ3) is 3.12. The molecule has 0 amide bonds. The van der Waals surface area contributed by atoms with Crippen LogP contribution in [0.3, 0.4) is 0 Å². The molecule has 0 radical (unpaired) electrons. The normalized spacial score (nSPS) is 23.2. The Labute approximate surface area is 110 Å². The lowest BCUT2D eigenvalue weighted by molar-refractivity contribution is 0.192. The minimum absolute atomic E-state index is 0.389. The van der Waals surface area contributed by atoms with Crippen molar-refractivity contribution in [2.24, 2.45) is 7.05 Å². The third-order valence-corrected chi connectivity index (χ3v) is 3.96. The van der Waals surface area contributed by atoms with Crippen molar-refractivity contribution in [1.29, 1.82) is 0 Å². The van der Waals surface area contributed by atoms with Crippen LogP contribution in [-0.2, 0) is 7.05 Å². The maximum atomic E-state index is 4.42. The molecule has 1 fully saturated rings. The molecule has 1 aromatic rings. The molecule has 2 atom stereocenters. The molecule has 0 aromatic carbocycles. The number of nitrogens with zero attached hydrogens (tertiary/aromatic N) is 3. The van der Waals surface area contributed by atoms with Gasteiger partial charge in [0.05, 0.1) is 5.69 Å². The number of aryl methyl sites for hydroxylation is 2. The predicted octanol–water partition coefficient (Wildman–Crippen LogP) is 1.86. The lowest BCUT2D eigenvalue weighted by Gasteiger charge is -2.34. The summed E-state index contributed by atoms with van der Waals surface area (Å²) in [5.41, 5.74) is 2.46. The number of aromatic nitrogens is 2. The molecule has 2 rings (SSSR count). The molecule has 2 heterocycles. The Kier molecular flexibility index (Phi) is 4.40. The minimum atomic E-state index is 0.389. The van der Waals surface area contributed by atoms with Crippen LogP contribution in [0.5, 0.6) is 0 Å². The Morgan fingerprint density at radius 1 is 1.56 bits per heavy atom. The molecule has 4 nitrogen and oxygen atoms in total. The molecular formula is C14H26N4. The van der Waals surface area contributed by atoms with Crippen LogP contribution in [0.15, 0.2) is 6.20 Å². The van der Waals surface area contributed by atoms with Crippen LogP contribution in [0, 0.1) is 6.92 Å². The zero-order chi connectivity index (χ0) is 13.1. The molecule has 1 aliphatic heterocycles. The Morgan fingerprint density at radius 2 is 2.33 bits per heavy atom. The average molecular weight is 250 g/mol. The van der Waals surface area contributed by atoms with Gasteiger partial charge in [0.25, 0.3) is 0 Å². The smallest absolute Gasteiger partial charge is 0.0641 e. The van der Waals surface area contributed by atoms with Gasteiger partial charge >= 0.3 is 0 Å². The van der Waals surface area contributed by atoms with E-state index in [9.17, 15) is 0 Å². The molecule has 0 aliphatic carbocycles. The Bertz CT molecular complexity index is 385. The summed E-state index contributed by atoms with van der Waals surface area (Å²) in [5.74, 6) is 0. The van der Waals surface area contributed by atoms with Gasteiger partial charge in [-0.05, 0) is 39.8 Å². The first-order valence-corrected chi connectivity index (χ1v) is 7.08. The van der Waals surface area contributed by atoms with Gasteiger partial charge in [0.15, 0.2) is 0 Å². The van der Waals surface area contributed by atoms with Gasteiger partial charge in [-0.1, -0.05) is 6.92 Å². The first kappa shape index (κ1) is 13.6. The lowest BCUT2D eigenvalue weighted by atomic mass is 10.0. The van der Waals surface area contributed by atoms with Crippen LogP contribution in [0.2, 0.25) is 0 Å². The fourth-order valence-corrected chi connectivity index (χ4v) is 2.97. The van der Waals surface area contributed by atoms with E-state index in [2.05, 4.69) is 42.3 Å². The van der Waals surface area contributed by atoms with Crippen molar-refractivity contribution in [3.05, 3.63) is 17.5 Å². The van der Waals surface area contributed by atoms with E-state index in [0.717, 1.165) is 5.69 Å². The summed E-state index contributed by atoms with van der Waals surface area (Å²) in [4.78, 5) is 2.53. The van der Waals surface area contributed by atoms with E-state index in [1.165, 1.54) is 38.0 Å². The van der Waals surface area contributed by atoms with Gasteiger partial charge in [-0.2, -0.15) is 5.10 Å². The van der Waals surface area contributed by atoms with Crippen LogP contribution in [0.1, 0.15) is 44.0 Å². The van der Waals surface area contributed by atoms with Gasteiger partial charge < -0.3 is 10.2 Å². The zero-order valence-corrected chi connectivity index (χ0v) is 12.1. The van der Waals surface area contributed by atoms with E-state index in [-0.39, 0.29) is 0 Å². The van der Waals surface area contributed by atoms with Crippen LogP contribution in [0.4, 0.5) is 0 Å². The molecule has 1 saturated heterocycles. The van der Waals surface area contributed by atoms with E-state index in [1.807, 2.05) is 11.7 Å². The van der Waals surface area contributed by atoms with Crippen molar-refractivity contribution < 1.29 is 0 Å². The highest BCUT2D eigenvalue weighted by Crippen LogP contribution is 2.19. The quantitative estimate of drug-likeness (QED) is 0.885. The third-order valence-electron chi connectivity index (χ3n) is 3.96. The van der Waals surface area contributed by atoms with Crippen molar-refractivity contribution in [3.63, 3.8) is 0 Å². The fourth-order valence-electron chi connectivity index (χ4n) is 2.97. The van der Waals surface area contributed by atoms with Gasteiger partial charge in [0.2, 0.25) is 0 Å². The number of likely N-dealkylation sites (tertiary alicyclic amines) is 1. The first-order valence-electron chi connectivity index (χ1n) is 7.08. The molecule has 0 bridgehead atoms. The maximum Gasteiger partial charge on any atom is 0.0641 e. The highest BCUT2D eigenvalue weighted by Gasteiger charge is 2.21. The molecule has 1 N–H and O–H groups in total. The number of nitrogens with one attached hydrogen (secondary N) is 1. The highest BCUT2D eigenvalue weighted by atomic mass is 15.3. The van der Waals surface area contributed by atoms with Crippen LogP contribution in [0.25, 0.3) is 0 Å². The largest absolute Gasteiger partial charge is 0.306 e. The zero-order valence-electron chi connectivity index (χ0n) is 12.1. The highest BCUT2D eigenvalue weighted by molar-refractivity contribution is 5.19. The molecule has 102 valence electrons. The number of piperidine rings is 1. The van der Waals surface area contributed by atoms with E-state index < -0.39 is 0 Å². The molecule has 1 aromatic heterocycles. The second-order valence-corrected chi connectivity index (χ2v) is 5.46. The van der Waals surface area contributed by atoms with Gasteiger partial charge in [0, 0.05) is 37.4 Å². The van der Waals surface area contributed by atoms with Gasteiger partial charge in [-0.3, -0.25) is 4.68 Å². The van der Waals surface area contributed by atoms with Gasteiger partial charge in [-0.25, -0.2) is 0 Å². The summed E-state index contributed by atoms with van der Waals surface area (Å²) < 4.78 is 1.90. The van der Waals surface area contributed by atoms with E-state index in [0.29, 0.717) is 12.1 Å². The number of likely N-dealkylation sites (N-methyl/N-ethyl adjacent to an activating group) is 1. The minimum Gasteiger partial charge on any atom is -0.306 e. The topological polar surface area (TPSA) is 33.1 Å². The first-order chi connectivity index (χ1) is 8.60. The van der Waals surface area contributed by atoms with Crippen LogP contribution in [-0.4, -0.2) is 40.4 Å². The summed E-state index contributed by atoms with van der Waals surface area (Å²) in [7, 11) is 1.99. The summed E-state index contributed by atoms with van der Waals surface area (Å²) in [5, 5.41) is 8.18. The van der Waals surface area contributed by atoms with E-state index in [4.69, 9.17) is 0 Å². The average Bonchev–Trinajstić information content (AvgIpc) is 2.69. The number of hydrogen-bond acceptors (Lipinski definition) is 3. The molecule has 0 saturated carbocycles. The summed E-state index contributed by atoms with van der Waals surface area (Å²) in [6.45, 7) is 10.2. The Hall–Kier alpha value is -0.870. The van der Waals surface area contributed by atoms with E-state index >= 15 is 0 Å². The molecule has 18 heavy (non-hydrogen) atoms. The van der Waals surface area contributed by atoms with E-state index in [1.54, 1.807) is 0 Å². The fraction of sp³-hybridized carbons (Fsp3) is 0.786. The second kappa shape index (κ2) is 5.85. The van der Waals surface area contributed by atoms with Crippen molar-refractivity contribution in [2.45, 2.75) is 45.7 Å². The predicted molar refractivity (Wildman–Crippen MR) is 74.6 cm³/mol. The summed E-state index contributed by atoms with van der Waals surface area (Å²) >= 11 is 0. The summed E-state index contributed by atoms with van der Waals surface area (Å²) in [6, 6.07) is 1.01.